The van der Waals surface area contributed by atoms with E-state index in [4.69, 9.17) is 4.74 Å². The van der Waals surface area contributed by atoms with Gasteiger partial charge in [0.15, 0.2) is 0 Å². The Kier molecular flexibility index (Phi) is 2.02. The van der Waals surface area contributed by atoms with Gasteiger partial charge in [0.25, 0.3) is 0 Å². The molecule has 0 aromatic carbocycles. The zero-order valence-electron chi connectivity index (χ0n) is 7.75. The maximum Gasteiger partial charge on any atom is 0.337 e. The second-order valence-electron chi connectivity index (χ2n) is 3.73. The van der Waals surface area contributed by atoms with Crippen molar-refractivity contribution >= 4 is 5.97 Å². The molecule has 2 aliphatic carbocycles. The molecule has 1 N–H and O–H groups in total. The first kappa shape index (κ1) is 8.60. The van der Waals surface area contributed by atoms with Crippen LogP contribution in [-0.4, -0.2) is 17.7 Å². The number of allylic oxidation sites excluding steroid dienone is 1. The normalized spacial score (nSPS) is 31.2. The summed E-state index contributed by atoms with van der Waals surface area (Å²) in [4.78, 5) is 11.4. The summed E-state index contributed by atoms with van der Waals surface area (Å²) in [6.45, 7) is 2.16. The standard InChI is InChI=1S/C10H14O3/c1-2-13-10(12)8-6-3-4-7(5-6)9(8)11/h6-7,11H,2-5H2,1H3. The van der Waals surface area contributed by atoms with E-state index in [2.05, 4.69) is 0 Å². The van der Waals surface area contributed by atoms with Crippen molar-refractivity contribution in [1.82, 2.24) is 0 Å². The molecule has 72 valence electrons. The summed E-state index contributed by atoms with van der Waals surface area (Å²) in [7, 11) is 0. The lowest BCUT2D eigenvalue weighted by molar-refractivity contribution is -0.139. The number of fused-ring (bicyclic) bond motifs is 2. The molecule has 0 aromatic rings. The molecule has 2 aliphatic rings. The maximum absolute atomic E-state index is 11.4. The van der Waals surface area contributed by atoms with Crippen molar-refractivity contribution in [3.8, 4) is 0 Å². The summed E-state index contributed by atoms with van der Waals surface area (Å²) < 4.78 is 4.89. The summed E-state index contributed by atoms with van der Waals surface area (Å²) in [5.74, 6) is 0.496. The van der Waals surface area contributed by atoms with E-state index in [1.807, 2.05) is 0 Å². The second-order valence-corrected chi connectivity index (χ2v) is 3.73. The Labute approximate surface area is 77.4 Å². The molecule has 0 radical (unpaired) electrons. The van der Waals surface area contributed by atoms with Crippen molar-refractivity contribution in [2.24, 2.45) is 11.8 Å². The maximum atomic E-state index is 11.4. The molecule has 3 heteroatoms. The van der Waals surface area contributed by atoms with Gasteiger partial charge in [-0.2, -0.15) is 0 Å². The Morgan fingerprint density at radius 3 is 2.77 bits per heavy atom. The van der Waals surface area contributed by atoms with Crippen molar-refractivity contribution < 1.29 is 14.6 Å². The van der Waals surface area contributed by atoms with Crippen LogP contribution in [0.3, 0.4) is 0 Å². The number of aliphatic hydroxyl groups is 1. The highest BCUT2D eigenvalue weighted by Gasteiger charge is 2.42. The molecule has 2 rings (SSSR count). The predicted molar refractivity (Wildman–Crippen MR) is 47.1 cm³/mol. The van der Waals surface area contributed by atoms with E-state index in [1.54, 1.807) is 6.92 Å². The molecule has 2 atom stereocenters. The first-order valence-electron chi connectivity index (χ1n) is 4.84. The van der Waals surface area contributed by atoms with Gasteiger partial charge in [-0.15, -0.1) is 0 Å². The highest BCUT2D eigenvalue weighted by molar-refractivity contribution is 5.90. The quantitative estimate of drug-likeness (QED) is 0.662. The smallest absolute Gasteiger partial charge is 0.337 e. The fourth-order valence-corrected chi connectivity index (χ4v) is 2.40. The summed E-state index contributed by atoms with van der Waals surface area (Å²) in [6.07, 6.45) is 3.00. The summed E-state index contributed by atoms with van der Waals surface area (Å²) >= 11 is 0. The average molecular weight is 182 g/mol. The molecule has 3 nitrogen and oxygen atoms in total. The van der Waals surface area contributed by atoms with Crippen molar-refractivity contribution in [3.05, 3.63) is 11.3 Å². The van der Waals surface area contributed by atoms with Gasteiger partial charge in [-0.3, -0.25) is 0 Å². The predicted octanol–water partition coefficient (Wildman–Crippen LogP) is 1.79. The van der Waals surface area contributed by atoms with Gasteiger partial charge in [-0.25, -0.2) is 4.79 Å². The van der Waals surface area contributed by atoms with Crippen LogP contribution in [0.4, 0.5) is 0 Å². The zero-order chi connectivity index (χ0) is 9.42. The van der Waals surface area contributed by atoms with Crippen LogP contribution in [0.25, 0.3) is 0 Å². The Bertz CT molecular complexity index is 267. The third-order valence-corrected chi connectivity index (χ3v) is 3.00. The third kappa shape index (κ3) is 1.23. The molecular weight excluding hydrogens is 168 g/mol. The van der Waals surface area contributed by atoms with E-state index in [9.17, 15) is 9.90 Å². The van der Waals surface area contributed by atoms with Gasteiger partial charge in [0.05, 0.1) is 12.2 Å². The van der Waals surface area contributed by atoms with Gasteiger partial charge in [0, 0.05) is 5.92 Å². The number of aliphatic hydroxyl groups excluding tert-OH is 1. The zero-order valence-corrected chi connectivity index (χ0v) is 7.75. The fraction of sp³-hybridized carbons (Fsp3) is 0.700. The van der Waals surface area contributed by atoms with Crippen LogP contribution in [-0.2, 0) is 9.53 Å². The van der Waals surface area contributed by atoms with Crippen molar-refractivity contribution in [2.45, 2.75) is 26.2 Å². The van der Waals surface area contributed by atoms with Crippen LogP contribution in [0.15, 0.2) is 11.3 Å². The van der Waals surface area contributed by atoms with Gasteiger partial charge < -0.3 is 9.84 Å². The van der Waals surface area contributed by atoms with E-state index in [-0.39, 0.29) is 17.8 Å². The fourth-order valence-electron chi connectivity index (χ4n) is 2.40. The molecule has 0 aromatic heterocycles. The van der Waals surface area contributed by atoms with E-state index < -0.39 is 0 Å². The number of carbonyl (C=O) groups is 1. The Morgan fingerprint density at radius 2 is 2.23 bits per heavy atom. The largest absolute Gasteiger partial charge is 0.511 e. The van der Waals surface area contributed by atoms with Crippen LogP contribution in [0.2, 0.25) is 0 Å². The molecular formula is C10H14O3. The Balaban J connectivity index is 2.18. The number of ether oxygens (including phenoxy) is 1. The van der Waals surface area contributed by atoms with Crippen LogP contribution < -0.4 is 0 Å². The molecule has 1 saturated carbocycles. The number of hydrogen-bond donors (Lipinski definition) is 1. The number of esters is 1. The SMILES string of the molecule is CCOC(=O)C1=C(O)C2CCC1C2. The highest BCUT2D eigenvalue weighted by atomic mass is 16.5. The van der Waals surface area contributed by atoms with Gasteiger partial charge in [-0.1, -0.05) is 0 Å². The van der Waals surface area contributed by atoms with E-state index in [0.717, 1.165) is 19.3 Å². The van der Waals surface area contributed by atoms with Crippen molar-refractivity contribution in [3.63, 3.8) is 0 Å². The lowest BCUT2D eigenvalue weighted by Gasteiger charge is -2.13. The van der Waals surface area contributed by atoms with Crippen LogP contribution in [0.5, 0.6) is 0 Å². The second kappa shape index (κ2) is 3.05. The summed E-state index contributed by atoms with van der Waals surface area (Å²) in [5, 5.41) is 9.65. The van der Waals surface area contributed by atoms with Crippen LogP contribution in [0.1, 0.15) is 26.2 Å². The Hall–Kier alpha value is -0.990. The van der Waals surface area contributed by atoms with E-state index >= 15 is 0 Å². The van der Waals surface area contributed by atoms with Gasteiger partial charge in [0.2, 0.25) is 0 Å². The van der Waals surface area contributed by atoms with E-state index in [0.29, 0.717) is 17.9 Å². The molecule has 2 bridgehead atoms. The van der Waals surface area contributed by atoms with Crippen molar-refractivity contribution in [2.75, 3.05) is 6.61 Å². The average Bonchev–Trinajstić information content (AvgIpc) is 2.63. The molecule has 0 saturated heterocycles. The number of rotatable bonds is 2. The van der Waals surface area contributed by atoms with Crippen LogP contribution >= 0.6 is 0 Å². The van der Waals surface area contributed by atoms with E-state index in [1.165, 1.54) is 0 Å². The monoisotopic (exact) mass is 182 g/mol. The first-order valence-corrected chi connectivity index (χ1v) is 4.84. The highest BCUT2D eigenvalue weighted by Crippen LogP contribution is 2.47. The van der Waals surface area contributed by atoms with Crippen molar-refractivity contribution in [1.29, 1.82) is 0 Å². The minimum absolute atomic E-state index is 0.240. The Morgan fingerprint density at radius 1 is 1.54 bits per heavy atom. The van der Waals surface area contributed by atoms with Gasteiger partial charge in [0.1, 0.15) is 5.76 Å². The minimum atomic E-state index is -0.313. The lowest BCUT2D eigenvalue weighted by atomic mass is 9.97. The summed E-state index contributed by atoms with van der Waals surface area (Å²) in [5.41, 5.74) is 0.554. The lowest BCUT2D eigenvalue weighted by Crippen LogP contribution is -2.15. The molecule has 1 fully saturated rings. The molecule has 0 spiro atoms. The van der Waals surface area contributed by atoms with Crippen LogP contribution in [0, 0.1) is 11.8 Å². The molecule has 0 amide bonds. The molecule has 2 unspecified atom stereocenters. The minimum Gasteiger partial charge on any atom is -0.511 e. The summed E-state index contributed by atoms with van der Waals surface area (Å²) in [6, 6.07) is 0. The topological polar surface area (TPSA) is 46.5 Å². The van der Waals surface area contributed by atoms with Gasteiger partial charge in [-0.05, 0) is 32.1 Å². The first-order chi connectivity index (χ1) is 6.24. The number of carbonyl (C=O) groups excluding carboxylic acids is 1. The van der Waals surface area contributed by atoms with Gasteiger partial charge >= 0.3 is 5.97 Å². The molecule has 0 heterocycles. The number of hydrogen-bond acceptors (Lipinski definition) is 3. The third-order valence-electron chi connectivity index (χ3n) is 3.00. The molecule has 0 aliphatic heterocycles. The molecule has 13 heavy (non-hydrogen) atoms.